The number of primary amides is 1. The van der Waals surface area contributed by atoms with Gasteiger partial charge in [-0.05, 0) is 55.0 Å². The highest BCUT2D eigenvalue weighted by Gasteiger charge is 2.37. The first-order chi connectivity index (χ1) is 14.8. The predicted octanol–water partition coefficient (Wildman–Crippen LogP) is 3.80. The Morgan fingerprint density at radius 1 is 0.935 bits per heavy atom. The van der Waals surface area contributed by atoms with Gasteiger partial charge in [0.15, 0.2) is 0 Å². The molecule has 0 bridgehead atoms. The Morgan fingerprint density at radius 3 is 2.35 bits per heavy atom. The number of nitrogens with zero attached hydrogens (tertiary/aromatic N) is 1. The molecule has 7 nitrogen and oxygen atoms in total. The summed E-state index contributed by atoms with van der Waals surface area (Å²) in [7, 11) is 0. The van der Waals surface area contributed by atoms with Gasteiger partial charge in [0.1, 0.15) is 0 Å². The van der Waals surface area contributed by atoms with Gasteiger partial charge >= 0.3 is 0 Å². The van der Waals surface area contributed by atoms with Crippen molar-refractivity contribution in [3.63, 3.8) is 0 Å². The van der Waals surface area contributed by atoms with Crippen LogP contribution in [-0.2, 0) is 0 Å². The maximum atomic E-state index is 13.0. The molecule has 3 aromatic rings. The first-order valence-corrected chi connectivity index (χ1v) is 9.65. The van der Waals surface area contributed by atoms with E-state index in [2.05, 4.69) is 5.32 Å². The van der Waals surface area contributed by atoms with Crippen molar-refractivity contribution >= 4 is 46.6 Å². The number of fused-ring (bicyclic) bond motifs is 1. The third kappa shape index (κ3) is 3.55. The smallest absolute Gasteiger partial charge is 0.266 e. The number of halogens is 1. The minimum Gasteiger partial charge on any atom is -0.366 e. The third-order valence-corrected chi connectivity index (χ3v) is 5.32. The van der Waals surface area contributed by atoms with E-state index >= 15 is 0 Å². The van der Waals surface area contributed by atoms with Gasteiger partial charge in [-0.3, -0.25) is 19.2 Å². The van der Waals surface area contributed by atoms with Crippen LogP contribution in [0.2, 0.25) is 5.02 Å². The van der Waals surface area contributed by atoms with Crippen LogP contribution in [0.5, 0.6) is 0 Å². The van der Waals surface area contributed by atoms with Crippen LogP contribution in [-0.4, -0.2) is 23.6 Å². The van der Waals surface area contributed by atoms with E-state index < -0.39 is 23.6 Å². The molecular weight excluding hydrogens is 418 g/mol. The molecular formula is C23H16ClN3O4. The van der Waals surface area contributed by atoms with Crippen molar-refractivity contribution in [1.29, 1.82) is 0 Å². The number of hydrogen-bond acceptors (Lipinski definition) is 4. The zero-order valence-electron chi connectivity index (χ0n) is 16.3. The number of para-hydroxylation sites is 1. The topological polar surface area (TPSA) is 110 Å². The standard InChI is InChI=1S/C23H16ClN3O4/c1-12-4-2-3-5-19(12)27-22(30)15-8-6-13(10-16(15)23(27)31)21(29)26-14-7-9-18(24)17(11-14)20(25)28/h2-11H,1H3,(H2,25,28)(H,26,29). The summed E-state index contributed by atoms with van der Waals surface area (Å²) in [6.07, 6.45) is 0. The van der Waals surface area contributed by atoms with Gasteiger partial charge in [0, 0.05) is 11.3 Å². The first kappa shape index (κ1) is 20.3. The highest BCUT2D eigenvalue weighted by atomic mass is 35.5. The van der Waals surface area contributed by atoms with Gasteiger partial charge in [-0.25, -0.2) is 4.90 Å². The van der Waals surface area contributed by atoms with Crippen LogP contribution >= 0.6 is 11.6 Å². The monoisotopic (exact) mass is 433 g/mol. The number of rotatable bonds is 4. The molecule has 0 atom stereocenters. The summed E-state index contributed by atoms with van der Waals surface area (Å²) in [4.78, 5) is 51.0. The summed E-state index contributed by atoms with van der Waals surface area (Å²) < 4.78 is 0. The van der Waals surface area contributed by atoms with Crippen molar-refractivity contribution in [1.82, 2.24) is 0 Å². The molecule has 154 valence electrons. The molecule has 8 heteroatoms. The SMILES string of the molecule is Cc1ccccc1N1C(=O)c2ccc(C(=O)Nc3ccc(Cl)c(C(N)=O)c3)cc2C1=O. The minimum absolute atomic E-state index is 0.0723. The molecule has 0 radical (unpaired) electrons. The maximum Gasteiger partial charge on any atom is 0.266 e. The number of carbonyl (C=O) groups is 4. The Morgan fingerprint density at radius 2 is 1.65 bits per heavy atom. The fourth-order valence-corrected chi connectivity index (χ4v) is 3.62. The fourth-order valence-electron chi connectivity index (χ4n) is 3.41. The van der Waals surface area contributed by atoms with Crippen molar-refractivity contribution in [2.75, 3.05) is 10.2 Å². The van der Waals surface area contributed by atoms with Gasteiger partial charge in [-0.15, -0.1) is 0 Å². The summed E-state index contributed by atoms with van der Waals surface area (Å²) in [5.74, 6) is -2.18. The minimum atomic E-state index is -0.723. The van der Waals surface area contributed by atoms with Crippen molar-refractivity contribution in [3.8, 4) is 0 Å². The number of imide groups is 1. The highest BCUT2D eigenvalue weighted by molar-refractivity contribution is 6.35. The van der Waals surface area contributed by atoms with E-state index in [0.717, 1.165) is 10.5 Å². The number of amides is 4. The van der Waals surface area contributed by atoms with Gasteiger partial charge in [-0.2, -0.15) is 0 Å². The second-order valence-electron chi connectivity index (χ2n) is 7.01. The molecule has 0 aliphatic carbocycles. The van der Waals surface area contributed by atoms with Gasteiger partial charge in [0.2, 0.25) is 5.91 Å². The molecule has 1 aliphatic heterocycles. The molecule has 0 unspecified atom stereocenters. The zero-order valence-corrected chi connectivity index (χ0v) is 17.1. The van der Waals surface area contributed by atoms with Gasteiger partial charge < -0.3 is 11.1 Å². The second kappa shape index (κ2) is 7.70. The van der Waals surface area contributed by atoms with Crippen LogP contribution in [0.3, 0.4) is 0 Å². The van der Waals surface area contributed by atoms with Crippen LogP contribution in [0, 0.1) is 6.92 Å². The lowest BCUT2D eigenvalue weighted by Gasteiger charge is -2.16. The Balaban J connectivity index is 1.63. The second-order valence-corrected chi connectivity index (χ2v) is 7.41. The molecule has 0 aromatic heterocycles. The lowest BCUT2D eigenvalue weighted by atomic mass is 10.1. The highest BCUT2D eigenvalue weighted by Crippen LogP contribution is 2.31. The van der Waals surface area contributed by atoms with E-state index in [0.29, 0.717) is 11.4 Å². The molecule has 1 aliphatic rings. The van der Waals surface area contributed by atoms with E-state index in [1.165, 1.54) is 36.4 Å². The molecule has 31 heavy (non-hydrogen) atoms. The normalized spacial score (nSPS) is 12.6. The quantitative estimate of drug-likeness (QED) is 0.610. The Hall–Kier alpha value is -3.97. The lowest BCUT2D eigenvalue weighted by molar-refractivity contribution is 0.0923. The number of nitrogens with two attached hydrogens (primary N) is 1. The number of hydrogen-bond donors (Lipinski definition) is 2. The van der Waals surface area contributed by atoms with Crippen molar-refractivity contribution in [2.24, 2.45) is 5.73 Å². The molecule has 0 spiro atoms. The zero-order chi connectivity index (χ0) is 22.3. The first-order valence-electron chi connectivity index (χ1n) is 9.27. The van der Waals surface area contributed by atoms with Crippen molar-refractivity contribution in [2.45, 2.75) is 6.92 Å². The lowest BCUT2D eigenvalue weighted by Crippen LogP contribution is -2.29. The van der Waals surface area contributed by atoms with Crippen LogP contribution in [0.1, 0.15) is 47.0 Å². The maximum absolute atomic E-state index is 13.0. The largest absolute Gasteiger partial charge is 0.366 e. The Bertz CT molecular complexity index is 1290. The predicted molar refractivity (Wildman–Crippen MR) is 117 cm³/mol. The Labute approximate surface area is 182 Å². The number of nitrogens with one attached hydrogen (secondary N) is 1. The van der Waals surface area contributed by atoms with Crippen LogP contribution in [0.4, 0.5) is 11.4 Å². The van der Waals surface area contributed by atoms with E-state index in [1.807, 2.05) is 19.1 Å². The van der Waals surface area contributed by atoms with E-state index in [4.69, 9.17) is 17.3 Å². The van der Waals surface area contributed by atoms with Crippen LogP contribution < -0.4 is 16.0 Å². The summed E-state index contributed by atoms with van der Waals surface area (Å²) in [5.41, 5.74) is 7.50. The average molecular weight is 434 g/mol. The van der Waals surface area contributed by atoms with Crippen LogP contribution in [0.25, 0.3) is 0 Å². The number of anilines is 2. The average Bonchev–Trinajstić information content (AvgIpc) is 2.99. The van der Waals surface area contributed by atoms with E-state index in [1.54, 1.807) is 12.1 Å². The van der Waals surface area contributed by atoms with Gasteiger partial charge in [0.05, 0.1) is 27.4 Å². The number of carbonyl (C=O) groups excluding carboxylic acids is 4. The summed E-state index contributed by atoms with van der Waals surface area (Å²) in [6.45, 7) is 1.81. The third-order valence-electron chi connectivity index (χ3n) is 4.99. The molecule has 4 rings (SSSR count). The molecule has 4 amide bonds. The van der Waals surface area contributed by atoms with E-state index in [-0.39, 0.29) is 27.3 Å². The summed E-state index contributed by atoms with van der Waals surface area (Å²) in [6, 6.07) is 15.7. The summed E-state index contributed by atoms with van der Waals surface area (Å²) >= 11 is 5.93. The molecule has 3 aromatic carbocycles. The van der Waals surface area contributed by atoms with Gasteiger partial charge in [-0.1, -0.05) is 29.8 Å². The van der Waals surface area contributed by atoms with Gasteiger partial charge in [0.25, 0.3) is 17.7 Å². The molecule has 0 saturated carbocycles. The number of benzene rings is 3. The Kier molecular flexibility index (Phi) is 5.04. The molecule has 0 saturated heterocycles. The molecule has 3 N–H and O–H groups in total. The van der Waals surface area contributed by atoms with Crippen molar-refractivity contribution in [3.05, 3.63) is 93.5 Å². The molecule has 1 heterocycles. The number of aryl methyl sites for hydroxylation is 1. The summed E-state index contributed by atoms with van der Waals surface area (Å²) in [5, 5.41) is 2.80. The fraction of sp³-hybridized carbons (Fsp3) is 0.0435. The van der Waals surface area contributed by atoms with Crippen LogP contribution in [0.15, 0.2) is 60.7 Å². The van der Waals surface area contributed by atoms with E-state index in [9.17, 15) is 19.2 Å². The molecule has 0 fully saturated rings. The van der Waals surface area contributed by atoms with Crippen molar-refractivity contribution < 1.29 is 19.2 Å².